The summed E-state index contributed by atoms with van der Waals surface area (Å²) >= 11 is 3.28. The van der Waals surface area contributed by atoms with Crippen LogP contribution in [0.4, 0.5) is 0 Å². The van der Waals surface area contributed by atoms with E-state index in [2.05, 4.69) is 26.0 Å². The summed E-state index contributed by atoms with van der Waals surface area (Å²) in [6.07, 6.45) is 3.31. The molecule has 2 aromatic heterocycles. The fraction of sp³-hybridized carbons (Fsp3) is 0.100. The van der Waals surface area contributed by atoms with Gasteiger partial charge in [-0.05, 0) is 34.1 Å². The molecule has 2 aromatic rings. The van der Waals surface area contributed by atoms with Crippen molar-refractivity contribution in [2.75, 3.05) is 0 Å². The quantitative estimate of drug-likeness (QED) is 0.779. The standard InChI is InChI=1S/C10H8BrN3O/c1-14-6-4-8(13-14)10(15)9-7(11)3-2-5-12-9/h2-6H,1H3. The van der Waals surface area contributed by atoms with Gasteiger partial charge < -0.3 is 0 Å². The lowest BCUT2D eigenvalue weighted by molar-refractivity contribution is 0.102. The number of halogens is 1. The molecule has 0 aliphatic heterocycles. The first kappa shape index (κ1) is 10.0. The molecule has 0 amide bonds. The van der Waals surface area contributed by atoms with Crippen LogP contribution in [0.5, 0.6) is 0 Å². The fourth-order valence-electron chi connectivity index (χ4n) is 1.21. The number of aryl methyl sites for hydroxylation is 1. The van der Waals surface area contributed by atoms with Crippen LogP contribution in [0.1, 0.15) is 16.2 Å². The maximum atomic E-state index is 11.9. The van der Waals surface area contributed by atoms with Crippen LogP contribution in [0.3, 0.4) is 0 Å². The molecule has 0 atom stereocenters. The molecule has 0 aromatic carbocycles. The minimum Gasteiger partial charge on any atom is -0.285 e. The molecule has 0 saturated carbocycles. The number of hydrogen-bond donors (Lipinski definition) is 0. The molecule has 0 bridgehead atoms. The van der Waals surface area contributed by atoms with Crippen molar-refractivity contribution in [2.24, 2.45) is 7.05 Å². The van der Waals surface area contributed by atoms with Crippen molar-refractivity contribution in [3.05, 3.63) is 46.5 Å². The monoisotopic (exact) mass is 265 g/mol. The van der Waals surface area contributed by atoms with Gasteiger partial charge in [-0.15, -0.1) is 0 Å². The van der Waals surface area contributed by atoms with Gasteiger partial charge in [0.1, 0.15) is 11.4 Å². The summed E-state index contributed by atoms with van der Waals surface area (Å²) in [5, 5.41) is 4.03. The van der Waals surface area contributed by atoms with Gasteiger partial charge in [0, 0.05) is 23.9 Å². The van der Waals surface area contributed by atoms with Crippen molar-refractivity contribution in [1.29, 1.82) is 0 Å². The van der Waals surface area contributed by atoms with E-state index in [0.717, 1.165) is 0 Å². The van der Waals surface area contributed by atoms with E-state index in [1.165, 1.54) is 0 Å². The van der Waals surface area contributed by atoms with Gasteiger partial charge in [-0.3, -0.25) is 14.5 Å². The van der Waals surface area contributed by atoms with E-state index in [9.17, 15) is 4.79 Å². The highest BCUT2D eigenvalue weighted by atomic mass is 79.9. The minimum atomic E-state index is -0.178. The van der Waals surface area contributed by atoms with E-state index in [1.807, 2.05) is 0 Å². The number of carbonyl (C=O) groups excluding carboxylic acids is 1. The summed E-state index contributed by atoms with van der Waals surface area (Å²) in [5.41, 5.74) is 0.785. The molecule has 0 saturated heterocycles. The first-order chi connectivity index (χ1) is 7.18. The van der Waals surface area contributed by atoms with Crippen LogP contribution >= 0.6 is 15.9 Å². The molecule has 0 aliphatic carbocycles. The van der Waals surface area contributed by atoms with Crippen LogP contribution in [0.2, 0.25) is 0 Å². The third kappa shape index (κ3) is 1.97. The van der Waals surface area contributed by atoms with E-state index < -0.39 is 0 Å². The normalized spacial score (nSPS) is 10.3. The Morgan fingerprint density at radius 3 is 2.87 bits per heavy atom. The Morgan fingerprint density at radius 2 is 2.27 bits per heavy atom. The molecule has 0 radical (unpaired) electrons. The smallest absolute Gasteiger partial charge is 0.232 e. The van der Waals surface area contributed by atoms with Crippen LogP contribution in [0.15, 0.2) is 35.1 Å². The second-order valence-corrected chi connectivity index (χ2v) is 3.89. The number of carbonyl (C=O) groups is 1. The van der Waals surface area contributed by atoms with Gasteiger partial charge in [0.15, 0.2) is 0 Å². The van der Waals surface area contributed by atoms with Crippen molar-refractivity contribution < 1.29 is 4.79 Å². The van der Waals surface area contributed by atoms with Crippen LogP contribution in [0, 0.1) is 0 Å². The van der Waals surface area contributed by atoms with Gasteiger partial charge in [-0.1, -0.05) is 0 Å². The predicted molar refractivity (Wildman–Crippen MR) is 58.6 cm³/mol. The number of hydrogen-bond acceptors (Lipinski definition) is 3. The summed E-state index contributed by atoms with van der Waals surface area (Å²) < 4.78 is 2.27. The Bertz CT molecular complexity index is 507. The Kier molecular flexibility index (Phi) is 2.64. The van der Waals surface area contributed by atoms with Gasteiger partial charge in [0.05, 0.1) is 0 Å². The highest BCUT2D eigenvalue weighted by Gasteiger charge is 2.15. The van der Waals surface area contributed by atoms with Crippen molar-refractivity contribution in [2.45, 2.75) is 0 Å². The van der Waals surface area contributed by atoms with Crippen LogP contribution < -0.4 is 0 Å². The summed E-state index contributed by atoms with van der Waals surface area (Å²) in [6, 6.07) is 5.21. The molecule has 76 valence electrons. The first-order valence-electron chi connectivity index (χ1n) is 4.33. The number of nitrogens with zero attached hydrogens (tertiary/aromatic N) is 3. The average molecular weight is 266 g/mol. The SMILES string of the molecule is Cn1ccc(C(=O)c2ncccc2Br)n1. The molecule has 4 nitrogen and oxygen atoms in total. The molecule has 15 heavy (non-hydrogen) atoms. The van der Waals surface area contributed by atoms with E-state index >= 15 is 0 Å². The van der Waals surface area contributed by atoms with Crippen molar-refractivity contribution >= 4 is 21.7 Å². The van der Waals surface area contributed by atoms with Gasteiger partial charge in [-0.25, -0.2) is 0 Å². The van der Waals surface area contributed by atoms with Gasteiger partial charge in [-0.2, -0.15) is 5.10 Å². The second kappa shape index (κ2) is 3.94. The van der Waals surface area contributed by atoms with Crippen molar-refractivity contribution in [3.63, 3.8) is 0 Å². The van der Waals surface area contributed by atoms with Crippen LogP contribution in [-0.2, 0) is 7.05 Å². The molecule has 5 heteroatoms. The lowest BCUT2D eigenvalue weighted by Gasteiger charge is -1.98. The Morgan fingerprint density at radius 1 is 1.47 bits per heavy atom. The van der Waals surface area contributed by atoms with E-state index in [4.69, 9.17) is 0 Å². The molecular weight excluding hydrogens is 258 g/mol. The molecule has 0 fully saturated rings. The maximum absolute atomic E-state index is 11.9. The molecule has 2 rings (SSSR count). The van der Waals surface area contributed by atoms with Gasteiger partial charge in [0.25, 0.3) is 0 Å². The number of pyridine rings is 1. The molecule has 0 N–H and O–H groups in total. The highest BCUT2D eigenvalue weighted by molar-refractivity contribution is 9.10. The van der Waals surface area contributed by atoms with E-state index in [-0.39, 0.29) is 5.78 Å². The Balaban J connectivity index is 2.41. The number of aromatic nitrogens is 3. The number of rotatable bonds is 2. The molecule has 2 heterocycles. The summed E-state index contributed by atoms with van der Waals surface area (Å²) in [4.78, 5) is 15.9. The van der Waals surface area contributed by atoms with E-state index in [1.54, 1.807) is 42.3 Å². The van der Waals surface area contributed by atoms with Crippen LogP contribution in [0.25, 0.3) is 0 Å². The zero-order valence-electron chi connectivity index (χ0n) is 8.01. The lowest BCUT2D eigenvalue weighted by Crippen LogP contribution is -2.06. The summed E-state index contributed by atoms with van der Waals surface area (Å²) in [5.74, 6) is -0.178. The third-order valence-corrected chi connectivity index (χ3v) is 2.56. The minimum absolute atomic E-state index is 0.178. The molecule has 0 aliphatic rings. The Hall–Kier alpha value is -1.49. The summed E-state index contributed by atoms with van der Waals surface area (Å²) in [7, 11) is 1.77. The van der Waals surface area contributed by atoms with Gasteiger partial charge in [0.2, 0.25) is 5.78 Å². The third-order valence-electron chi connectivity index (χ3n) is 1.92. The van der Waals surface area contributed by atoms with Gasteiger partial charge >= 0.3 is 0 Å². The van der Waals surface area contributed by atoms with Crippen molar-refractivity contribution in [1.82, 2.24) is 14.8 Å². The Labute approximate surface area is 95.1 Å². The average Bonchev–Trinajstić information content (AvgIpc) is 2.65. The zero-order chi connectivity index (χ0) is 10.8. The van der Waals surface area contributed by atoms with Crippen LogP contribution in [-0.4, -0.2) is 20.5 Å². The molecule has 0 unspecified atom stereocenters. The second-order valence-electron chi connectivity index (χ2n) is 3.04. The highest BCUT2D eigenvalue weighted by Crippen LogP contribution is 2.16. The fourth-order valence-corrected chi connectivity index (χ4v) is 1.65. The summed E-state index contributed by atoms with van der Waals surface area (Å²) in [6.45, 7) is 0. The zero-order valence-corrected chi connectivity index (χ0v) is 9.60. The predicted octanol–water partition coefficient (Wildman–Crippen LogP) is 1.81. The van der Waals surface area contributed by atoms with Crippen molar-refractivity contribution in [3.8, 4) is 0 Å². The topological polar surface area (TPSA) is 47.8 Å². The first-order valence-corrected chi connectivity index (χ1v) is 5.12. The number of ketones is 1. The molecule has 0 spiro atoms. The maximum Gasteiger partial charge on any atom is 0.232 e. The largest absolute Gasteiger partial charge is 0.285 e. The van der Waals surface area contributed by atoms with E-state index in [0.29, 0.717) is 15.9 Å². The molecular formula is C10H8BrN3O. The lowest BCUT2D eigenvalue weighted by atomic mass is 10.2.